The molecular weight excluding hydrogens is 218 g/mol. The summed E-state index contributed by atoms with van der Waals surface area (Å²) in [5.41, 5.74) is 1.15. The standard InChI is InChI=1S/C13H19NO3/c1-9(10-4-5-10)7-12(15)14-6-2-3-11(8-14)13(16)17/h7,10-11H,2-6,8H2,1H3,(H,16,17)/b9-7+/t11-/m1/s1. The number of nitrogens with zero attached hydrogens (tertiary/aromatic N) is 1. The molecule has 94 valence electrons. The highest BCUT2D eigenvalue weighted by molar-refractivity contribution is 5.89. The number of amides is 1. The van der Waals surface area contributed by atoms with Crippen molar-refractivity contribution in [2.45, 2.75) is 32.6 Å². The van der Waals surface area contributed by atoms with Crippen LogP contribution in [0.3, 0.4) is 0 Å². The summed E-state index contributed by atoms with van der Waals surface area (Å²) in [5, 5.41) is 8.96. The van der Waals surface area contributed by atoms with Crippen LogP contribution in [-0.2, 0) is 9.59 Å². The van der Waals surface area contributed by atoms with Gasteiger partial charge in [-0.15, -0.1) is 0 Å². The second kappa shape index (κ2) is 4.90. The molecule has 1 amide bonds. The first-order chi connectivity index (χ1) is 8.08. The molecule has 2 rings (SSSR count). The van der Waals surface area contributed by atoms with Gasteiger partial charge >= 0.3 is 5.97 Å². The van der Waals surface area contributed by atoms with Crippen molar-refractivity contribution in [2.24, 2.45) is 11.8 Å². The number of piperidine rings is 1. The minimum atomic E-state index is -0.787. The molecule has 1 atom stereocenters. The van der Waals surface area contributed by atoms with E-state index < -0.39 is 5.97 Å². The van der Waals surface area contributed by atoms with Gasteiger partial charge in [0.2, 0.25) is 5.91 Å². The Kier molecular flexibility index (Phi) is 3.50. The molecule has 1 saturated carbocycles. The maximum atomic E-state index is 12.0. The summed E-state index contributed by atoms with van der Waals surface area (Å²) >= 11 is 0. The second-order valence-electron chi connectivity index (χ2n) is 5.12. The smallest absolute Gasteiger partial charge is 0.308 e. The van der Waals surface area contributed by atoms with E-state index in [9.17, 15) is 9.59 Å². The van der Waals surface area contributed by atoms with Crippen molar-refractivity contribution >= 4 is 11.9 Å². The van der Waals surface area contributed by atoms with Crippen molar-refractivity contribution in [3.63, 3.8) is 0 Å². The summed E-state index contributed by atoms with van der Waals surface area (Å²) in [6.45, 7) is 3.05. The van der Waals surface area contributed by atoms with Gasteiger partial charge in [0, 0.05) is 19.2 Å². The normalized spacial score (nSPS) is 25.8. The molecule has 0 bridgehead atoms. The van der Waals surface area contributed by atoms with Crippen LogP contribution < -0.4 is 0 Å². The molecule has 4 nitrogen and oxygen atoms in total. The van der Waals surface area contributed by atoms with Crippen LogP contribution in [0.15, 0.2) is 11.6 Å². The molecule has 0 aromatic heterocycles. The fourth-order valence-corrected chi connectivity index (χ4v) is 2.32. The van der Waals surface area contributed by atoms with Crippen LogP contribution in [0.25, 0.3) is 0 Å². The third-order valence-corrected chi connectivity index (χ3v) is 3.65. The SMILES string of the molecule is C/C(=C\C(=O)N1CCC[C@@H](C(=O)O)C1)C1CC1. The molecule has 2 fully saturated rings. The van der Waals surface area contributed by atoms with Gasteiger partial charge in [0.1, 0.15) is 0 Å². The van der Waals surface area contributed by atoms with Gasteiger partial charge in [-0.1, -0.05) is 5.57 Å². The summed E-state index contributed by atoms with van der Waals surface area (Å²) < 4.78 is 0. The van der Waals surface area contributed by atoms with Gasteiger partial charge in [-0.25, -0.2) is 0 Å². The number of carbonyl (C=O) groups excluding carboxylic acids is 1. The molecule has 4 heteroatoms. The van der Waals surface area contributed by atoms with E-state index in [1.165, 1.54) is 12.8 Å². The van der Waals surface area contributed by atoms with Crippen molar-refractivity contribution in [1.82, 2.24) is 4.90 Å². The summed E-state index contributed by atoms with van der Waals surface area (Å²) in [6, 6.07) is 0. The predicted molar refractivity (Wildman–Crippen MR) is 63.4 cm³/mol. The van der Waals surface area contributed by atoms with Gasteiger partial charge in [0.25, 0.3) is 0 Å². The van der Waals surface area contributed by atoms with Crippen LogP contribution in [0.2, 0.25) is 0 Å². The lowest BCUT2D eigenvalue weighted by Gasteiger charge is -2.30. The second-order valence-corrected chi connectivity index (χ2v) is 5.12. The molecule has 1 N–H and O–H groups in total. The van der Waals surface area contributed by atoms with Crippen LogP contribution in [0, 0.1) is 11.8 Å². The highest BCUT2D eigenvalue weighted by atomic mass is 16.4. The lowest BCUT2D eigenvalue weighted by atomic mass is 9.98. The largest absolute Gasteiger partial charge is 0.481 e. The van der Waals surface area contributed by atoms with Gasteiger partial charge < -0.3 is 10.0 Å². The highest BCUT2D eigenvalue weighted by Crippen LogP contribution is 2.36. The minimum absolute atomic E-state index is 0.0136. The zero-order valence-electron chi connectivity index (χ0n) is 10.2. The quantitative estimate of drug-likeness (QED) is 0.759. The first kappa shape index (κ1) is 12.1. The van der Waals surface area contributed by atoms with E-state index in [-0.39, 0.29) is 11.8 Å². The zero-order valence-corrected chi connectivity index (χ0v) is 10.2. The number of carboxylic acids is 1. The van der Waals surface area contributed by atoms with Crippen LogP contribution >= 0.6 is 0 Å². The van der Waals surface area contributed by atoms with Crippen molar-refractivity contribution in [1.29, 1.82) is 0 Å². The maximum Gasteiger partial charge on any atom is 0.308 e. The number of hydrogen-bond donors (Lipinski definition) is 1. The minimum Gasteiger partial charge on any atom is -0.481 e. The number of rotatable bonds is 3. The Morgan fingerprint density at radius 1 is 1.24 bits per heavy atom. The number of likely N-dealkylation sites (tertiary alicyclic amines) is 1. The number of allylic oxidation sites excluding steroid dienone is 1. The molecule has 1 aliphatic carbocycles. The molecule has 17 heavy (non-hydrogen) atoms. The Morgan fingerprint density at radius 3 is 2.53 bits per heavy atom. The summed E-state index contributed by atoms with van der Waals surface area (Å²) in [7, 11) is 0. The monoisotopic (exact) mass is 237 g/mol. The van der Waals surface area contributed by atoms with Gasteiger partial charge in [-0.3, -0.25) is 9.59 Å². The van der Waals surface area contributed by atoms with E-state index in [0.29, 0.717) is 25.4 Å². The van der Waals surface area contributed by atoms with Crippen LogP contribution in [0.5, 0.6) is 0 Å². The highest BCUT2D eigenvalue weighted by Gasteiger charge is 2.28. The molecule has 0 spiro atoms. The van der Waals surface area contributed by atoms with Crippen molar-refractivity contribution < 1.29 is 14.7 Å². The van der Waals surface area contributed by atoms with Crippen molar-refractivity contribution in [3.8, 4) is 0 Å². The molecule has 0 aromatic carbocycles. The van der Waals surface area contributed by atoms with E-state index in [1.54, 1.807) is 11.0 Å². The van der Waals surface area contributed by atoms with Gasteiger partial charge in [-0.2, -0.15) is 0 Å². The van der Waals surface area contributed by atoms with Crippen molar-refractivity contribution in [2.75, 3.05) is 13.1 Å². The molecule has 2 aliphatic rings. The molecule has 0 unspecified atom stereocenters. The number of carbonyl (C=O) groups is 2. The Bertz CT molecular complexity index is 358. The van der Waals surface area contributed by atoms with Crippen LogP contribution in [0.1, 0.15) is 32.6 Å². The molecule has 1 saturated heterocycles. The fraction of sp³-hybridized carbons (Fsp3) is 0.692. The molecule has 1 heterocycles. The number of hydrogen-bond acceptors (Lipinski definition) is 2. The first-order valence-corrected chi connectivity index (χ1v) is 6.28. The topological polar surface area (TPSA) is 57.6 Å². The Hall–Kier alpha value is -1.32. The predicted octanol–water partition coefficient (Wildman–Crippen LogP) is 1.67. The Balaban J connectivity index is 1.94. The first-order valence-electron chi connectivity index (χ1n) is 6.28. The average molecular weight is 237 g/mol. The lowest BCUT2D eigenvalue weighted by Crippen LogP contribution is -2.41. The van der Waals surface area contributed by atoms with Gasteiger partial charge in [0.05, 0.1) is 5.92 Å². The third-order valence-electron chi connectivity index (χ3n) is 3.65. The van der Waals surface area contributed by atoms with Crippen LogP contribution in [-0.4, -0.2) is 35.0 Å². The summed E-state index contributed by atoms with van der Waals surface area (Å²) in [6.07, 6.45) is 5.55. The third kappa shape index (κ3) is 3.08. The van der Waals surface area contributed by atoms with E-state index >= 15 is 0 Å². The Labute approximate surface area is 101 Å². The van der Waals surface area contributed by atoms with Gasteiger partial charge in [-0.05, 0) is 38.5 Å². The molecule has 0 aromatic rings. The Morgan fingerprint density at radius 2 is 1.94 bits per heavy atom. The van der Waals surface area contributed by atoms with Gasteiger partial charge in [0.15, 0.2) is 0 Å². The van der Waals surface area contributed by atoms with E-state index in [0.717, 1.165) is 12.0 Å². The van der Waals surface area contributed by atoms with Crippen molar-refractivity contribution in [3.05, 3.63) is 11.6 Å². The molecule has 1 aliphatic heterocycles. The maximum absolute atomic E-state index is 12.0. The molecular formula is C13H19NO3. The zero-order chi connectivity index (χ0) is 12.4. The average Bonchev–Trinajstić information content (AvgIpc) is 3.12. The van der Waals surface area contributed by atoms with E-state index in [1.807, 2.05) is 6.92 Å². The summed E-state index contributed by atoms with van der Waals surface area (Å²) in [5.74, 6) is -0.591. The summed E-state index contributed by atoms with van der Waals surface area (Å²) in [4.78, 5) is 24.5. The lowest BCUT2D eigenvalue weighted by molar-refractivity contribution is -0.144. The van der Waals surface area contributed by atoms with E-state index in [2.05, 4.69) is 0 Å². The number of aliphatic carboxylic acids is 1. The molecule has 0 radical (unpaired) electrons. The van der Waals surface area contributed by atoms with Crippen LogP contribution in [0.4, 0.5) is 0 Å². The number of carboxylic acid groups (broad SMARTS) is 1. The fourth-order valence-electron chi connectivity index (χ4n) is 2.32. The van der Waals surface area contributed by atoms with E-state index in [4.69, 9.17) is 5.11 Å².